The summed E-state index contributed by atoms with van der Waals surface area (Å²) in [6.45, 7) is 4.47. The average Bonchev–Trinajstić information content (AvgIpc) is 3.78. The molecule has 0 unspecified atom stereocenters. The Morgan fingerprint density at radius 1 is 0.600 bits per heavy atom. The third-order valence-electron chi connectivity index (χ3n) is 8.69. The zero-order chi connectivity index (χ0) is 33.2. The van der Waals surface area contributed by atoms with E-state index in [1.165, 1.54) is 16.7 Å². The first-order chi connectivity index (χ1) is 24.1. The van der Waals surface area contributed by atoms with Gasteiger partial charge in [0.05, 0.1) is 11.1 Å². The van der Waals surface area contributed by atoms with E-state index < -0.39 is 0 Å². The molecule has 0 saturated carbocycles. The summed E-state index contributed by atoms with van der Waals surface area (Å²) < 4.78 is 12.7. The summed E-state index contributed by atoms with van der Waals surface area (Å²) in [6.07, 6.45) is 1.79. The van der Waals surface area contributed by atoms with Crippen molar-refractivity contribution >= 4 is 33.0 Å². The molecular formula is C45H32IrN2O2-2. The van der Waals surface area contributed by atoms with Gasteiger partial charge in [-0.25, -0.2) is 0 Å². The summed E-state index contributed by atoms with van der Waals surface area (Å²) in [6, 6.07) is 55.5. The summed E-state index contributed by atoms with van der Waals surface area (Å²) in [5.41, 5.74) is 11.8. The van der Waals surface area contributed by atoms with Crippen molar-refractivity contribution in [1.82, 2.24) is 9.97 Å². The van der Waals surface area contributed by atoms with Gasteiger partial charge in [0.2, 0.25) is 0 Å². The first kappa shape index (κ1) is 32.9. The van der Waals surface area contributed by atoms with Gasteiger partial charge in [-0.1, -0.05) is 110 Å². The van der Waals surface area contributed by atoms with Crippen molar-refractivity contribution in [3.05, 3.63) is 169 Å². The molecule has 0 atom stereocenters. The smallest absolute Gasteiger partial charge is 0.149 e. The second-order valence-corrected chi connectivity index (χ2v) is 12.2. The molecule has 6 aromatic carbocycles. The molecule has 1 radical (unpaired) electrons. The quantitative estimate of drug-likeness (QED) is 0.162. The molecule has 0 saturated heterocycles. The predicted octanol–water partition coefficient (Wildman–Crippen LogP) is 12.2. The predicted molar refractivity (Wildman–Crippen MR) is 199 cm³/mol. The molecule has 4 nitrogen and oxygen atoms in total. The van der Waals surface area contributed by atoms with Crippen molar-refractivity contribution in [3.63, 3.8) is 0 Å². The number of para-hydroxylation sites is 2. The van der Waals surface area contributed by atoms with Crippen LogP contribution in [0.2, 0.25) is 0 Å². The van der Waals surface area contributed by atoms with Crippen LogP contribution < -0.4 is 0 Å². The maximum atomic E-state index is 6.49. The largest absolute Gasteiger partial charge is 0.500 e. The van der Waals surface area contributed by atoms with Crippen LogP contribution in [0.15, 0.2) is 161 Å². The van der Waals surface area contributed by atoms with Crippen LogP contribution in [0.4, 0.5) is 0 Å². The minimum absolute atomic E-state index is 0. The van der Waals surface area contributed by atoms with E-state index in [-0.39, 0.29) is 20.1 Å². The Kier molecular flexibility index (Phi) is 9.53. The minimum Gasteiger partial charge on any atom is -0.500 e. The third-order valence-corrected chi connectivity index (χ3v) is 8.69. The summed E-state index contributed by atoms with van der Waals surface area (Å²) in [5.74, 6) is 0.855. The van der Waals surface area contributed by atoms with Gasteiger partial charge in [-0.3, -0.25) is 4.98 Å². The van der Waals surface area contributed by atoms with Crippen LogP contribution in [-0.2, 0) is 20.1 Å². The SMILES string of the molecule is CC(C)c1cc(-c2ccccc2)ccc1-c1cccc2nc(-c3[c-]ccc4c3oc3ccccc34)oc12.[Ir].[c-]1ccccc1-c1ccccn1. The number of hydrogen-bond donors (Lipinski definition) is 0. The Labute approximate surface area is 304 Å². The monoisotopic (exact) mass is 825 g/mol. The molecule has 245 valence electrons. The molecule has 0 bridgehead atoms. The van der Waals surface area contributed by atoms with Crippen LogP contribution in [0, 0.1) is 12.1 Å². The normalized spacial score (nSPS) is 11.0. The Morgan fingerprint density at radius 2 is 1.42 bits per heavy atom. The molecule has 0 aliphatic carbocycles. The fraction of sp³-hybridized carbons (Fsp3) is 0.0667. The van der Waals surface area contributed by atoms with Crippen molar-refractivity contribution in [2.75, 3.05) is 0 Å². The van der Waals surface area contributed by atoms with Gasteiger partial charge in [0.25, 0.3) is 0 Å². The molecule has 0 aliphatic heterocycles. The number of oxazole rings is 1. The van der Waals surface area contributed by atoms with Crippen molar-refractivity contribution in [2.24, 2.45) is 0 Å². The van der Waals surface area contributed by atoms with Crippen LogP contribution in [0.3, 0.4) is 0 Å². The minimum atomic E-state index is 0. The summed E-state index contributed by atoms with van der Waals surface area (Å²) >= 11 is 0. The Bertz CT molecular complexity index is 2480. The van der Waals surface area contributed by atoms with Gasteiger partial charge in [0.15, 0.2) is 0 Å². The summed E-state index contributed by atoms with van der Waals surface area (Å²) in [7, 11) is 0. The Hall–Kier alpha value is -5.61. The zero-order valence-electron chi connectivity index (χ0n) is 27.6. The molecule has 3 heterocycles. The van der Waals surface area contributed by atoms with Gasteiger partial charge >= 0.3 is 0 Å². The van der Waals surface area contributed by atoms with E-state index in [4.69, 9.17) is 13.8 Å². The molecular weight excluding hydrogens is 793 g/mol. The summed E-state index contributed by atoms with van der Waals surface area (Å²) in [5, 5.41) is 2.11. The first-order valence-corrected chi connectivity index (χ1v) is 16.4. The van der Waals surface area contributed by atoms with Crippen molar-refractivity contribution in [2.45, 2.75) is 19.8 Å². The van der Waals surface area contributed by atoms with Crippen molar-refractivity contribution in [3.8, 4) is 45.0 Å². The Balaban J connectivity index is 0.000000255. The number of aromatic nitrogens is 2. The number of nitrogens with zero attached hydrogens (tertiary/aromatic N) is 2. The van der Waals surface area contributed by atoms with E-state index in [0.717, 1.165) is 61.0 Å². The van der Waals surface area contributed by atoms with Crippen LogP contribution in [0.1, 0.15) is 25.3 Å². The number of rotatable bonds is 5. The fourth-order valence-corrected chi connectivity index (χ4v) is 6.29. The van der Waals surface area contributed by atoms with E-state index >= 15 is 0 Å². The molecule has 0 aliphatic rings. The molecule has 3 aromatic heterocycles. The molecule has 0 spiro atoms. The molecule has 9 aromatic rings. The van der Waals surface area contributed by atoms with Gasteiger partial charge in [-0.2, -0.15) is 0 Å². The van der Waals surface area contributed by atoms with Crippen LogP contribution >= 0.6 is 0 Å². The van der Waals surface area contributed by atoms with E-state index in [1.807, 2.05) is 91.0 Å². The fourth-order valence-electron chi connectivity index (χ4n) is 6.29. The van der Waals surface area contributed by atoms with Crippen LogP contribution in [0.25, 0.3) is 78.0 Å². The molecule has 5 heteroatoms. The number of benzene rings is 6. The maximum Gasteiger partial charge on any atom is 0.149 e. The second kappa shape index (κ2) is 14.5. The van der Waals surface area contributed by atoms with E-state index in [9.17, 15) is 0 Å². The second-order valence-electron chi connectivity index (χ2n) is 12.2. The first-order valence-electron chi connectivity index (χ1n) is 16.4. The van der Waals surface area contributed by atoms with E-state index in [2.05, 4.69) is 85.6 Å². The maximum absolute atomic E-state index is 6.49. The topological polar surface area (TPSA) is 52.1 Å². The molecule has 9 rings (SSSR count). The average molecular weight is 825 g/mol. The van der Waals surface area contributed by atoms with Gasteiger partial charge in [0.1, 0.15) is 17.1 Å². The zero-order valence-corrected chi connectivity index (χ0v) is 30.0. The van der Waals surface area contributed by atoms with Crippen LogP contribution in [0.5, 0.6) is 0 Å². The standard InChI is InChI=1S/C34H24NO2.C11H8N.Ir/c1-21(2)29-20-23(22-10-4-3-5-11-22)18-19-24(29)26-14-9-16-30-33(26)37-34(35-30)28-15-8-13-27-25-12-6-7-17-31(25)36-32(27)28;1-2-6-10(7-3-1)11-8-4-5-9-12-11;/h3-14,16-21H,1-2H3;1-6,8-9H;/q2*-1;. The molecule has 0 amide bonds. The number of pyridine rings is 1. The molecule has 0 N–H and O–H groups in total. The van der Waals surface area contributed by atoms with Gasteiger partial charge in [-0.15, -0.1) is 54.1 Å². The van der Waals surface area contributed by atoms with Gasteiger partial charge < -0.3 is 13.8 Å². The van der Waals surface area contributed by atoms with Gasteiger partial charge in [0, 0.05) is 37.3 Å². The number of fused-ring (bicyclic) bond motifs is 4. The van der Waals surface area contributed by atoms with Crippen LogP contribution in [-0.4, -0.2) is 9.97 Å². The van der Waals surface area contributed by atoms with Crippen molar-refractivity contribution < 1.29 is 28.9 Å². The van der Waals surface area contributed by atoms with E-state index in [0.29, 0.717) is 11.8 Å². The van der Waals surface area contributed by atoms with Gasteiger partial charge in [-0.05, 0) is 57.6 Å². The third kappa shape index (κ3) is 6.42. The molecule has 0 fully saturated rings. The number of furan rings is 1. The Morgan fingerprint density at radius 3 is 2.22 bits per heavy atom. The summed E-state index contributed by atoms with van der Waals surface area (Å²) in [4.78, 5) is 9.09. The van der Waals surface area contributed by atoms with E-state index in [1.54, 1.807) is 6.20 Å². The molecule has 50 heavy (non-hydrogen) atoms. The van der Waals surface area contributed by atoms with Crippen molar-refractivity contribution in [1.29, 1.82) is 0 Å². The number of hydrogen-bond acceptors (Lipinski definition) is 4.